The van der Waals surface area contributed by atoms with Crippen LogP contribution in [0.15, 0.2) is 18.2 Å². The van der Waals surface area contributed by atoms with Gasteiger partial charge in [0, 0.05) is 12.1 Å². The van der Waals surface area contributed by atoms with E-state index in [1.807, 2.05) is 12.1 Å². The third kappa shape index (κ3) is 2.97. The molecule has 2 atom stereocenters. The minimum Gasteiger partial charge on any atom is -0.495 e. The topological polar surface area (TPSA) is 33.3 Å². The molecule has 0 radical (unpaired) electrons. The van der Waals surface area contributed by atoms with Gasteiger partial charge in [-0.25, -0.2) is 0 Å². The molecule has 1 aliphatic rings. The third-order valence-corrected chi connectivity index (χ3v) is 3.77. The van der Waals surface area contributed by atoms with Crippen LogP contribution in [0.2, 0.25) is 5.02 Å². The fourth-order valence-electron chi connectivity index (χ4n) is 2.58. The fraction of sp³-hybridized carbons (Fsp3) is 0.571. The molecule has 1 aromatic rings. The Kier molecular flexibility index (Phi) is 4.87. The number of likely N-dealkylation sites (N-methyl/N-ethyl adjacent to an activating group) is 1. The highest BCUT2D eigenvalue weighted by atomic mass is 35.5. The summed E-state index contributed by atoms with van der Waals surface area (Å²) in [5, 5.41) is 7.77. The highest BCUT2D eigenvalue weighted by Gasteiger charge is 2.25. The van der Waals surface area contributed by atoms with Crippen molar-refractivity contribution in [2.75, 3.05) is 20.2 Å². The Labute approximate surface area is 114 Å². The van der Waals surface area contributed by atoms with Gasteiger partial charge in [0.2, 0.25) is 0 Å². The van der Waals surface area contributed by atoms with Crippen LogP contribution in [0, 0.1) is 0 Å². The molecular formula is C14H21ClN2O. The Hall–Kier alpha value is -0.770. The first kappa shape index (κ1) is 13.7. The summed E-state index contributed by atoms with van der Waals surface area (Å²) in [7, 11) is 1.65. The van der Waals surface area contributed by atoms with Gasteiger partial charge in [-0.05, 0) is 43.6 Å². The van der Waals surface area contributed by atoms with Crippen LogP contribution in [0.1, 0.15) is 31.4 Å². The summed E-state index contributed by atoms with van der Waals surface area (Å²) in [6.45, 7) is 4.19. The summed E-state index contributed by atoms with van der Waals surface area (Å²) in [6.07, 6.45) is 2.46. The van der Waals surface area contributed by atoms with Gasteiger partial charge in [-0.3, -0.25) is 0 Å². The van der Waals surface area contributed by atoms with Crippen LogP contribution in [0.5, 0.6) is 5.75 Å². The second-order valence-electron chi connectivity index (χ2n) is 4.63. The first-order valence-corrected chi connectivity index (χ1v) is 6.94. The smallest absolute Gasteiger partial charge is 0.137 e. The van der Waals surface area contributed by atoms with E-state index < -0.39 is 0 Å². The Bertz CT molecular complexity index is 391. The zero-order valence-corrected chi connectivity index (χ0v) is 11.8. The Morgan fingerprint density at radius 1 is 1.56 bits per heavy atom. The van der Waals surface area contributed by atoms with E-state index in [2.05, 4.69) is 23.6 Å². The molecule has 1 aromatic carbocycles. The Morgan fingerprint density at radius 3 is 3.00 bits per heavy atom. The predicted molar refractivity (Wildman–Crippen MR) is 75.4 cm³/mol. The number of methoxy groups -OCH3 is 1. The molecule has 1 aliphatic heterocycles. The summed E-state index contributed by atoms with van der Waals surface area (Å²) in [4.78, 5) is 0. The van der Waals surface area contributed by atoms with E-state index >= 15 is 0 Å². The van der Waals surface area contributed by atoms with E-state index in [0.717, 1.165) is 18.8 Å². The summed E-state index contributed by atoms with van der Waals surface area (Å²) < 4.78 is 5.30. The SMILES string of the molecule is CCN[C@@H](c1ccc(Cl)c(OC)c1)C1CCCN1. The minimum atomic E-state index is 0.323. The van der Waals surface area contributed by atoms with E-state index in [-0.39, 0.29) is 0 Å². The van der Waals surface area contributed by atoms with Crippen LogP contribution >= 0.6 is 11.6 Å². The number of benzene rings is 1. The first-order chi connectivity index (χ1) is 8.76. The molecular weight excluding hydrogens is 248 g/mol. The molecule has 100 valence electrons. The second-order valence-corrected chi connectivity index (χ2v) is 5.04. The maximum absolute atomic E-state index is 6.08. The lowest BCUT2D eigenvalue weighted by atomic mass is 9.97. The monoisotopic (exact) mass is 268 g/mol. The number of hydrogen-bond acceptors (Lipinski definition) is 3. The van der Waals surface area contributed by atoms with E-state index in [0.29, 0.717) is 17.1 Å². The number of hydrogen-bond donors (Lipinski definition) is 2. The van der Waals surface area contributed by atoms with E-state index in [4.69, 9.17) is 16.3 Å². The molecule has 0 saturated carbocycles. The third-order valence-electron chi connectivity index (χ3n) is 3.46. The zero-order chi connectivity index (χ0) is 13.0. The number of ether oxygens (including phenoxy) is 1. The van der Waals surface area contributed by atoms with Crippen molar-refractivity contribution in [2.24, 2.45) is 0 Å². The quantitative estimate of drug-likeness (QED) is 0.862. The molecule has 3 nitrogen and oxygen atoms in total. The van der Waals surface area contributed by atoms with Gasteiger partial charge in [0.15, 0.2) is 0 Å². The van der Waals surface area contributed by atoms with Crippen molar-refractivity contribution >= 4 is 11.6 Å². The van der Waals surface area contributed by atoms with Gasteiger partial charge >= 0.3 is 0 Å². The largest absolute Gasteiger partial charge is 0.495 e. The lowest BCUT2D eigenvalue weighted by Crippen LogP contribution is -2.37. The highest BCUT2D eigenvalue weighted by Crippen LogP contribution is 2.30. The molecule has 0 bridgehead atoms. The van der Waals surface area contributed by atoms with Gasteiger partial charge in [0.25, 0.3) is 0 Å². The molecule has 1 saturated heterocycles. The van der Waals surface area contributed by atoms with Crippen LogP contribution < -0.4 is 15.4 Å². The van der Waals surface area contributed by atoms with Crippen molar-refractivity contribution < 1.29 is 4.74 Å². The Morgan fingerprint density at radius 2 is 2.39 bits per heavy atom. The van der Waals surface area contributed by atoms with Crippen molar-refractivity contribution in [3.63, 3.8) is 0 Å². The van der Waals surface area contributed by atoms with Gasteiger partial charge in [-0.15, -0.1) is 0 Å². The molecule has 4 heteroatoms. The average molecular weight is 269 g/mol. The van der Waals surface area contributed by atoms with Gasteiger partial charge < -0.3 is 15.4 Å². The zero-order valence-electron chi connectivity index (χ0n) is 11.0. The summed E-state index contributed by atoms with van der Waals surface area (Å²) in [5.41, 5.74) is 1.23. The molecule has 0 aliphatic carbocycles. The van der Waals surface area contributed by atoms with Crippen LogP contribution in [0.3, 0.4) is 0 Å². The summed E-state index contributed by atoms with van der Waals surface area (Å²) in [5.74, 6) is 0.745. The van der Waals surface area contributed by atoms with E-state index in [1.165, 1.54) is 18.4 Å². The molecule has 1 fully saturated rings. The van der Waals surface area contributed by atoms with Crippen molar-refractivity contribution in [1.82, 2.24) is 10.6 Å². The Balaban J connectivity index is 2.23. The number of halogens is 1. The van der Waals surface area contributed by atoms with Crippen molar-refractivity contribution in [3.8, 4) is 5.75 Å². The normalized spacial score (nSPS) is 20.9. The molecule has 0 amide bonds. The molecule has 18 heavy (non-hydrogen) atoms. The molecule has 1 unspecified atom stereocenters. The van der Waals surface area contributed by atoms with Gasteiger partial charge in [-0.1, -0.05) is 24.6 Å². The van der Waals surface area contributed by atoms with Crippen LogP contribution in [0.4, 0.5) is 0 Å². The molecule has 1 heterocycles. The van der Waals surface area contributed by atoms with Gasteiger partial charge in [0.1, 0.15) is 5.75 Å². The standard InChI is InChI=1S/C14H21ClN2O/c1-3-16-14(12-5-4-8-17-12)10-6-7-11(15)13(9-10)18-2/h6-7,9,12,14,16-17H,3-5,8H2,1-2H3/t12?,14-/m0/s1. The lowest BCUT2D eigenvalue weighted by molar-refractivity contribution is 0.404. The predicted octanol–water partition coefficient (Wildman–Crippen LogP) is 2.75. The maximum atomic E-state index is 6.08. The number of rotatable bonds is 5. The lowest BCUT2D eigenvalue weighted by Gasteiger charge is -2.25. The summed E-state index contributed by atoms with van der Waals surface area (Å²) in [6, 6.07) is 6.85. The van der Waals surface area contributed by atoms with Gasteiger partial charge in [0.05, 0.1) is 12.1 Å². The summed E-state index contributed by atoms with van der Waals surface area (Å²) >= 11 is 6.08. The fourth-order valence-corrected chi connectivity index (χ4v) is 2.77. The van der Waals surface area contributed by atoms with Crippen molar-refractivity contribution in [2.45, 2.75) is 31.8 Å². The van der Waals surface area contributed by atoms with Crippen LogP contribution in [-0.2, 0) is 0 Å². The van der Waals surface area contributed by atoms with Crippen LogP contribution in [0.25, 0.3) is 0 Å². The molecule has 0 aromatic heterocycles. The highest BCUT2D eigenvalue weighted by molar-refractivity contribution is 6.32. The van der Waals surface area contributed by atoms with E-state index in [9.17, 15) is 0 Å². The van der Waals surface area contributed by atoms with Crippen molar-refractivity contribution in [1.29, 1.82) is 0 Å². The minimum absolute atomic E-state index is 0.323. The van der Waals surface area contributed by atoms with E-state index in [1.54, 1.807) is 7.11 Å². The molecule has 0 spiro atoms. The molecule has 2 N–H and O–H groups in total. The molecule has 2 rings (SSSR count). The van der Waals surface area contributed by atoms with Gasteiger partial charge in [-0.2, -0.15) is 0 Å². The van der Waals surface area contributed by atoms with Crippen molar-refractivity contribution in [3.05, 3.63) is 28.8 Å². The van der Waals surface area contributed by atoms with Crippen LogP contribution in [-0.4, -0.2) is 26.2 Å². The maximum Gasteiger partial charge on any atom is 0.137 e. The average Bonchev–Trinajstić information content (AvgIpc) is 2.90. The first-order valence-electron chi connectivity index (χ1n) is 6.56. The number of nitrogens with one attached hydrogen (secondary N) is 2. The second kappa shape index (κ2) is 6.41.